The third-order valence-corrected chi connectivity index (χ3v) is 7.38. The van der Waals surface area contributed by atoms with E-state index in [9.17, 15) is 9.59 Å². The molecule has 2 N–H and O–H groups in total. The van der Waals surface area contributed by atoms with Gasteiger partial charge in [0.25, 0.3) is 5.91 Å². The molecule has 0 bridgehead atoms. The summed E-state index contributed by atoms with van der Waals surface area (Å²) in [7, 11) is 0. The summed E-state index contributed by atoms with van der Waals surface area (Å²) in [5.41, 5.74) is 1.91. The smallest absolute Gasteiger partial charge is 0.322 e. The van der Waals surface area contributed by atoms with Crippen LogP contribution in [0.2, 0.25) is 0 Å². The van der Waals surface area contributed by atoms with Crippen molar-refractivity contribution < 1.29 is 9.59 Å². The number of nitrogens with one attached hydrogen (secondary N) is 2. The zero-order valence-corrected chi connectivity index (χ0v) is 19.1. The lowest BCUT2D eigenvalue weighted by molar-refractivity contribution is -0.127. The number of piperidine rings is 1. The van der Waals surface area contributed by atoms with Crippen molar-refractivity contribution in [1.82, 2.24) is 15.5 Å². The largest absolute Gasteiger partial charge is 0.323 e. The third-order valence-electron chi connectivity index (χ3n) is 7.38. The number of rotatable bonds is 9. The Morgan fingerprint density at radius 2 is 1.66 bits per heavy atom. The average Bonchev–Trinajstić information content (AvgIpc) is 3.12. The fourth-order valence-electron chi connectivity index (χ4n) is 5.36. The maximum absolute atomic E-state index is 12.9. The molecule has 0 radical (unpaired) electrons. The monoisotopic (exact) mass is 433 g/mol. The SMILES string of the molecule is CC(CCN1CCC(C2(CCCc3ccccc3)NC(=O)NC2=O)CC1)c1ccccc1. The summed E-state index contributed by atoms with van der Waals surface area (Å²) in [4.78, 5) is 27.5. The van der Waals surface area contributed by atoms with Gasteiger partial charge in [-0.15, -0.1) is 0 Å². The normalized spacial score (nSPS) is 23.0. The quantitative estimate of drug-likeness (QED) is 0.573. The second-order valence-corrected chi connectivity index (χ2v) is 9.44. The molecule has 5 nitrogen and oxygen atoms in total. The molecular weight excluding hydrogens is 398 g/mol. The molecule has 0 aliphatic carbocycles. The van der Waals surface area contributed by atoms with Gasteiger partial charge >= 0.3 is 6.03 Å². The second-order valence-electron chi connectivity index (χ2n) is 9.44. The van der Waals surface area contributed by atoms with Gasteiger partial charge in [0.05, 0.1) is 0 Å². The highest BCUT2D eigenvalue weighted by Gasteiger charge is 2.51. The standard InChI is InChI=1S/C27H35N3O2/c1-21(23-12-6-3-7-13-23)14-18-30-19-15-24(16-20-30)27(25(31)28-26(32)29-27)17-8-11-22-9-4-2-5-10-22/h2-7,9-10,12-13,21,24H,8,11,14-20H2,1H3,(H2,28,29,31,32). The second kappa shape index (κ2) is 10.3. The maximum Gasteiger partial charge on any atom is 0.322 e. The molecule has 2 aromatic rings. The summed E-state index contributed by atoms with van der Waals surface area (Å²) in [6.07, 6.45) is 5.51. The van der Waals surface area contributed by atoms with Gasteiger partial charge in [0.2, 0.25) is 0 Å². The van der Waals surface area contributed by atoms with Crippen molar-refractivity contribution in [3.05, 3.63) is 71.8 Å². The molecule has 2 aliphatic rings. The van der Waals surface area contributed by atoms with Gasteiger partial charge in [-0.3, -0.25) is 10.1 Å². The van der Waals surface area contributed by atoms with E-state index in [1.807, 2.05) is 18.2 Å². The Kier molecular flexibility index (Phi) is 7.26. The number of carbonyl (C=O) groups excluding carboxylic acids is 2. The molecule has 2 heterocycles. The van der Waals surface area contributed by atoms with Crippen LogP contribution in [0.25, 0.3) is 0 Å². The van der Waals surface area contributed by atoms with Gasteiger partial charge in [0, 0.05) is 0 Å². The molecule has 2 fully saturated rings. The molecule has 0 spiro atoms. The van der Waals surface area contributed by atoms with Gasteiger partial charge in [-0.05, 0) is 81.1 Å². The van der Waals surface area contributed by atoms with Crippen LogP contribution in [-0.4, -0.2) is 42.0 Å². The van der Waals surface area contributed by atoms with E-state index >= 15 is 0 Å². The molecule has 2 atom stereocenters. The van der Waals surface area contributed by atoms with Crippen LogP contribution in [0.3, 0.4) is 0 Å². The van der Waals surface area contributed by atoms with E-state index in [0.717, 1.165) is 51.7 Å². The van der Waals surface area contributed by atoms with E-state index in [-0.39, 0.29) is 17.9 Å². The number of carbonyl (C=O) groups is 2. The van der Waals surface area contributed by atoms with E-state index < -0.39 is 5.54 Å². The van der Waals surface area contributed by atoms with Gasteiger partial charge in [0.15, 0.2) is 0 Å². The number of aryl methyl sites for hydroxylation is 1. The first-order chi connectivity index (χ1) is 15.6. The van der Waals surface area contributed by atoms with Crippen LogP contribution in [-0.2, 0) is 11.2 Å². The number of urea groups is 1. The highest BCUT2D eigenvalue weighted by Crippen LogP contribution is 2.35. The lowest BCUT2D eigenvalue weighted by atomic mass is 9.74. The van der Waals surface area contributed by atoms with Crippen molar-refractivity contribution in [2.45, 2.75) is 56.9 Å². The average molecular weight is 434 g/mol. The summed E-state index contributed by atoms with van der Waals surface area (Å²) in [6.45, 7) is 5.33. The number of nitrogens with zero attached hydrogens (tertiary/aromatic N) is 1. The van der Waals surface area contributed by atoms with Crippen molar-refractivity contribution in [3.63, 3.8) is 0 Å². The summed E-state index contributed by atoms with van der Waals surface area (Å²) in [5, 5.41) is 5.56. The molecule has 5 heteroatoms. The zero-order chi connectivity index (χ0) is 22.4. The fourth-order valence-corrected chi connectivity index (χ4v) is 5.36. The lowest BCUT2D eigenvalue weighted by Crippen LogP contribution is -2.56. The lowest BCUT2D eigenvalue weighted by Gasteiger charge is -2.41. The van der Waals surface area contributed by atoms with Crippen molar-refractivity contribution in [3.8, 4) is 0 Å². The van der Waals surface area contributed by atoms with Gasteiger partial charge in [0.1, 0.15) is 5.54 Å². The molecule has 4 rings (SSSR count). The van der Waals surface area contributed by atoms with Crippen LogP contribution in [0.1, 0.15) is 56.1 Å². The minimum absolute atomic E-state index is 0.133. The van der Waals surface area contributed by atoms with Crippen LogP contribution < -0.4 is 10.6 Å². The van der Waals surface area contributed by atoms with Crippen LogP contribution in [0.15, 0.2) is 60.7 Å². The van der Waals surface area contributed by atoms with Crippen molar-refractivity contribution in [2.75, 3.05) is 19.6 Å². The van der Waals surface area contributed by atoms with E-state index in [1.54, 1.807) is 0 Å². The van der Waals surface area contributed by atoms with Crippen LogP contribution in [0.4, 0.5) is 4.79 Å². The molecule has 3 amide bonds. The van der Waals surface area contributed by atoms with Crippen LogP contribution in [0, 0.1) is 5.92 Å². The molecular formula is C27H35N3O2. The van der Waals surface area contributed by atoms with Crippen molar-refractivity contribution in [2.24, 2.45) is 5.92 Å². The van der Waals surface area contributed by atoms with E-state index in [0.29, 0.717) is 12.3 Å². The minimum atomic E-state index is -0.755. The van der Waals surface area contributed by atoms with Gasteiger partial charge in [-0.1, -0.05) is 67.6 Å². The fraction of sp³-hybridized carbons (Fsp3) is 0.481. The van der Waals surface area contributed by atoms with Gasteiger partial charge < -0.3 is 10.2 Å². The molecule has 2 unspecified atom stereocenters. The minimum Gasteiger partial charge on any atom is -0.323 e. The predicted octanol–water partition coefficient (Wildman–Crippen LogP) is 4.49. The Hall–Kier alpha value is -2.66. The highest BCUT2D eigenvalue weighted by molar-refractivity contribution is 6.07. The highest BCUT2D eigenvalue weighted by atomic mass is 16.2. The van der Waals surface area contributed by atoms with Crippen LogP contribution >= 0.6 is 0 Å². The first kappa shape index (κ1) is 22.5. The molecule has 32 heavy (non-hydrogen) atoms. The number of imide groups is 1. The summed E-state index contributed by atoms with van der Waals surface area (Å²) in [6, 6.07) is 20.7. The Labute approximate surface area is 191 Å². The predicted molar refractivity (Wildman–Crippen MR) is 127 cm³/mol. The maximum atomic E-state index is 12.9. The number of likely N-dealkylation sites (tertiary alicyclic amines) is 1. The first-order valence-corrected chi connectivity index (χ1v) is 12.0. The molecule has 2 saturated heterocycles. The number of amides is 3. The Bertz CT molecular complexity index is 894. The third kappa shape index (κ3) is 5.21. The summed E-state index contributed by atoms with van der Waals surface area (Å²) >= 11 is 0. The van der Waals surface area contributed by atoms with E-state index in [2.05, 4.69) is 64.9 Å². The Balaban J connectivity index is 1.31. The zero-order valence-electron chi connectivity index (χ0n) is 19.1. The number of benzene rings is 2. The van der Waals surface area contributed by atoms with Crippen LogP contribution in [0.5, 0.6) is 0 Å². The van der Waals surface area contributed by atoms with E-state index in [4.69, 9.17) is 0 Å². The molecule has 2 aromatic carbocycles. The summed E-state index contributed by atoms with van der Waals surface area (Å²) < 4.78 is 0. The molecule has 170 valence electrons. The van der Waals surface area contributed by atoms with Crippen molar-refractivity contribution in [1.29, 1.82) is 0 Å². The van der Waals surface area contributed by atoms with Gasteiger partial charge in [-0.25, -0.2) is 4.79 Å². The molecule has 0 saturated carbocycles. The number of hydrogen-bond acceptors (Lipinski definition) is 3. The van der Waals surface area contributed by atoms with Gasteiger partial charge in [-0.2, -0.15) is 0 Å². The summed E-state index contributed by atoms with van der Waals surface area (Å²) in [5.74, 6) is 0.595. The Morgan fingerprint density at radius 3 is 2.28 bits per heavy atom. The molecule has 0 aromatic heterocycles. The van der Waals surface area contributed by atoms with E-state index in [1.165, 1.54) is 11.1 Å². The number of hydrogen-bond donors (Lipinski definition) is 2. The van der Waals surface area contributed by atoms with Crippen molar-refractivity contribution >= 4 is 11.9 Å². The molecule has 2 aliphatic heterocycles. The Morgan fingerprint density at radius 1 is 1.00 bits per heavy atom. The topological polar surface area (TPSA) is 61.4 Å². The first-order valence-electron chi connectivity index (χ1n) is 12.0.